The number of fused-ring (bicyclic) bond motifs is 2. The van der Waals surface area contributed by atoms with E-state index in [1.54, 1.807) is 28.1 Å². The molecule has 3 aromatic carbocycles. The minimum absolute atomic E-state index is 0.0190. The summed E-state index contributed by atoms with van der Waals surface area (Å²) in [6.07, 6.45) is -0.238. The molecule has 7 atom stereocenters. The molecule has 0 radical (unpaired) electrons. The van der Waals surface area contributed by atoms with Crippen molar-refractivity contribution in [3.63, 3.8) is 0 Å². The first-order valence-corrected chi connectivity index (χ1v) is 20.8. The second-order valence-corrected chi connectivity index (χ2v) is 17.2. The molecule has 1 aliphatic heterocycles. The predicted molar refractivity (Wildman–Crippen MR) is 221 cm³/mol. The third-order valence-corrected chi connectivity index (χ3v) is 13.9. The largest absolute Gasteiger partial charge is 0.497 e. The maximum atomic E-state index is 13.6. The molecule has 14 heteroatoms. The lowest BCUT2D eigenvalue weighted by Gasteiger charge is -2.48. The molecular formula is C44H55N4O9P. The zero-order valence-corrected chi connectivity index (χ0v) is 35.6. The van der Waals surface area contributed by atoms with Gasteiger partial charge in [-0.2, -0.15) is 5.26 Å². The van der Waals surface area contributed by atoms with E-state index in [-0.39, 0.29) is 31.7 Å². The highest BCUT2D eigenvalue weighted by atomic mass is 31.2. The molecule has 2 aliphatic rings. The summed E-state index contributed by atoms with van der Waals surface area (Å²) in [7, 11) is 1.37. The number of methoxy groups -OCH3 is 2. The molecule has 4 aromatic rings. The quantitative estimate of drug-likeness (QED) is 0.0655. The molecule has 1 aromatic heterocycles. The zero-order chi connectivity index (χ0) is 42.0. The van der Waals surface area contributed by atoms with Gasteiger partial charge in [-0.05, 0) is 88.4 Å². The second kappa shape index (κ2) is 17.5. The van der Waals surface area contributed by atoms with Crippen molar-refractivity contribution in [2.75, 3.05) is 27.4 Å². The van der Waals surface area contributed by atoms with Crippen LogP contribution in [0.4, 0.5) is 0 Å². The van der Waals surface area contributed by atoms with Crippen molar-refractivity contribution in [3.8, 4) is 17.6 Å². The number of rotatable bonds is 17. The first-order valence-electron chi connectivity index (χ1n) is 19.6. The molecule has 6 rings (SSSR count). The fourth-order valence-corrected chi connectivity index (χ4v) is 10.4. The van der Waals surface area contributed by atoms with Crippen LogP contribution in [0.15, 0.2) is 94.6 Å². The molecule has 0 amide bonds. The molecule has 0 spiro atoms. The van der Waals surface area contributed by atoms with Gasteiger partial charge in [-0.25, -0.2) is 9.46 Å². The maximum absolute atomic E-state index is 13.6. The topological polar surface area (TPSA) is 158 Å². The van der Waals surface area contributed by atoms with Crippen LogP contribution in [0, 0.1) is 30.1 Å². The van der Waals surface area contributed by atoms with Crippen LogP contribution < -0.4 is 20.7 Å². The summed E-state index contributed by atoms with van der Waals surface area (Å²) < 4.78 is 42.8. The van der Waals surface area contributed by atoms with Crippen molar-refractivity contribution in [2.24, 2.45) is 11.8 Å². The Morgan fingerprint density at radius 2 is 1.50 bits per heavy atom. The number of ether oxygens (including phenoxy) is 4. The van der Waals surface area contributed by atoms with Crippen LogP contribution in [-0.2, 0) is 24.1 Å². The second-order valence-electron chi connectivity index (χ2n) is 15.8. The van der Waals surface area contributed by atoms with Crippen molar-refractivity contribution >= 4 is 8.53 Å². The van der Waals surface area contributed by atoms with Gasteiger partial charge in [0.1, 0.15) is 35.0 Å². The summed E-state index contributed by atoms with van der Waals surface area (Å²) in [5.41, 5.74) is -2.98. The normalized spacial score (nSPS) is 24.7. The van der Waals surface area contributed by atoms with Gasteiger partial charge in [0.05, 0.1) is 45.5 Å². The minimum Gasteiger partial charge on any atom is -0.497 e. The van der Waals surface area contributed by atoms with Crippen molar-refractivity contribution in [3.05, 3.63) is 128 Å². The fraction of sp³-hybridized carbons (Fsp3) is 0.477. The maximum Gasteiger partial charge on any atom is 0.330 e. The van der Waals surface area contributed by atoms with E-state index in [0.29, 0.717) is 17.1 Å². The molecule has 2 heterocycles. The molecule has 2 N–H and O–H groups in total. The Hall–Kier alpha value is -4.38. The Kier molecular flexibility index (Phi) is 13.0. The fourth-order valence-electron chi connectivity index (χ4n) is 8.61. The van der Waals surface area contributed by atoms with Crippen molar-refractivity contribution in [1.29, 1.82) is 5.26 Å². The van der Waals surface area contributed by atoms with E-state index >= 15 is 0 Å². The number of aliphatic hydroxyl groups is 1. The summed E-state index contributed by atoms with van der Waals surface area (Å²) >= 11 is 0. The Labute approximate surface area is 341 Å². The first-order chi connectivity index (χ1) is 27.7. The minimum atomic E-state index is -1.86. The Balaban J connectivity index is 1.57. The summed E-state index contributed by atoms with van der Waals surface area (Å²) in [5.74, 6) is 0.183. The Bertz CT molecular complexity index is 2110. The zero-order valence-electron chi connectivity index (χ0n) is 34.7. The number of nitrogens with one attached hydrogen (secondary N) is 1. The molecule has 1 saturated carbocycles. The lowest BCUT2D eigenvalue weighted by molar-refractivity contribution is -0.260. The average molecular weight is 815 g/mol. The predicted octanol–water partition coefficient (Wildman–Crippen LogP) is 6.82. The van der Waals surface area contributed by atoms with E-state index in [9.17, 15) is 20.0 Å². The van der Waals surface area contributed by atoms with E-state index in [1.807, 2.05) is 113 Å². The number of benzene rings is 3. The number of hydrogen-bond acceptors (Lipinski definition) is 11. The van der Waals surface area contributed by atoms with E-state index in [2.05, 4.69) is 15.7 Å². The van der Waals surface area contributed by atoms with Gasteiger partial charge in [0.25, 0.3) is 14.1 Å². The van der Waals surface area contributed by atoms with Gasteiger partial charge in [-0.15, -0.1) is 0 Å². The van der Waals surface area contributed by atoms with Crippen LogP contribution in [0.1, 0.15) is 76.4 Å². The summed E-state index contributed by atoms with van der Waals surface area (Å²) in [6.45, 7) is 13.4. The van der Waals surface area contributed by atoms with Crippen molar-refractivity contribution in [1.82, 2.24) is 14.2 Å². The van der Waals surface area contributed by atoms with Crippen molar-refractivity contribution in [2.45, 2.75) is 96.1 Å². The molecule has 2 fully saturated rings. The number of aryl methyl sites for hydroxylation is 1. The molecule has 13 nitrogen and oxygen atoms in total. The van der Waals surface area contributed by atoms with Gasteiger partial charge in [-0.1, -0.05) is 61.5 Å². The highest BCUT2D eigenvalue weighted by Gasteiger charge is 2.76. The van der Waals surface area contributed by atoms with Gasteiger partial charge >= 0.3 is 5.69 Å². The van der Waals surface area contributed by atoms with Gasteiger partial charge in [0, 0.05) is 29.8 Å². The van der Waals surface area contributed by atoms with Crippen LogP contribution in [0.25, 0.3) is 0 Å². The standard InChI is InChI=1S/C44H55N4O9P/c1-28(2)48(29(3)4)58(55-25-13-24-45)57-38-37-31(6)42(7,51)43(38,56-40(37)47-26-30(5)39(49)46-41(47)50)27-54-44(32-14-11-10-12-15-32,33-16-20-35(52-8)21-17-33)34-18-22-36(53-9)23-19-34/h10-12,14-23,26,28-29,31,37-38,40,51H,13,25,27H2,1-9H3,(H,46,49,50)/t31-,37+,38-,40+,42-,43+,58?/m0/s1. The molecule has 1 saturated heterocycles. The summed E-state index contributed by atoms with van der Waals surface area (Å²) in [6, 6.07) is 27.2. The van der Waals surface area contributed by atoms with E-state index in [4.69, 9.17) is 28.0 Å². The third kappa shape index (κ3) is 7.64. The van der Waals surface area contributed by atoms with Gasteiger partial charge in [0.15, 0.2) is 0 Å². The number of nitriles is 1. The highest BCUT2D eigenvalue weighted by Crippen LogP contribution is 2.65. The van der Waals surface area contributed by atoms with Crippen LogP contribution in [0.3, 0.4) is 0 Å². The van der Waals surface area contributed by atoms with Gasteiger partial charge in [0.2, 0.25) is 0 Å². The molecule has 1 aliphatic carbocycles. The SMILES string of the molecule is COc1ccc(C(OC[C@]23O[C@@H](n4cc(C)c(=O)[nH]c4=O)[C@H]([C@H](C)[C@]2(C)O)[C@@H]3OP(OCCC#N)N(C(C)C)C(C)C)(c2ccccc2)c2ccc(OC)cc2)cc1. The van der Waals surface area contributed by atoms with E-state index in [1.165, 1.54) is 10.8 Å². The molecule has 58 heavy (non-hydrogen) atoms. The number of aromatic amines is 1. The third-order valence-electron chi connectivity index (χ3n) is 11.8. The molecule has 2 bridgehead atoms. The lowest BCUT2D eigenvalue weighted by Crippen LogP contribution is -2.62. The smallest absolute Gasteiger partial charge is 0.330 e. The van der Waals surface area contributed by atoms with Crippen LogP contribution in [0.2, 0.25) is 0 Å². The highest BCUT2D eigenvalue weighted by molar-refractivity contribution is 7.44. The van der Waals surface area contributed by atoms with Crippen molar-refractivity contribution < 1.29 is 33.1 Å². The van der Waals surface area contributed by atoms with E-state index in [0.717, 1.165) is 16.7 Å². The number of H-pyrrole nitrogens is 1. The van der Waals surface area contributed by atoms with Gasteiger partial charge in [-0.3, -0.25) is 14.3 Å². The van der Waals surface area contributed by atoms with Crippen LogP contribution in [-0.4, -0.2) is 76.2 Å². The molecule has 310 valence electrons. The summed E-state index contributed by atoms with van der Waals surface area (Å²) in [5, 5.41) is 22.3. The van der Waals surface area contributed by atoms with E-state index < -0.39 is 60.7 Å². The van der Waals surface area contributed by atoms with Crippen LogP contribution >= 0.6 is 8.53 Å². The lowest BCUT2D eigenvalue weighted by atomic mass is 9.78. The Morgan fingerprint density at radius 1 is 0.948 bits per heavy atom. The average Bonchev–Trinajstić information content (AvgIpc) is 3.60. The Morgan fingerprint density at radius 3 is 2.02 bits per heavy atom. The van der Waals surface area contributed by atoms with Crippen LogP contribution in [0.5, 0.6) is 11.5 Å². The molecule has 1 unspecified atom stereocenters. The number of hydrogen-bond donors (Lipinski definition) is 2. The first kappa shape index (κ1) is 43.2. The van der Waals surface area contributed by atoms with Gasteiger partial charge < -0.3 is 33.1 Å². The molecular weight excluding hydrogens is 759 g/mol. The number of nitrogens with zero attached hydrogens (tertiary/aromatic N) is 3. The number of aromatic nitrogens is 2. The summed E-state index contributed by atoms with van der Waals surface area (Å²) in [4.78, 5) is 28.6. The monoisotopic (exact) mass is 814 g/mol.